The van der Waals surface area contributed by atoms with E-state index in [0.29, 0.717) is 25.1 Å². The van der Waals surface area contributed by atoms with E-state index in [0.717, 1.165) is 19.4 Å². The SMILES string of the molecule is O=C(NC/C=C\COc1cc(CN2CCCCC2)ccn1)NC1CCC1. The largest absolute Gasteiger partial charge is 0.473 e. The first-order chi connectivity index (χ1) is 12.8. The zero-order valence-corrected chi connectivity index (χ0v) is 15.5. The number of piperidine rings is 1. The smallest absolute Gasteiger partial charge is 0.315 e. The number of carbonyl (C=O) groups is 1. The van der Waals surface area contributed by atoms with E-state index >= 15 is 0 Å². The van der Waals surface area contributed by atoms with Crippen LogP contribution in [0.3, 0.4) is 0 Å². The van der Waals surface area contributed by atoms with Gasteiger partial charge in [0.05, 0.1) is 0 Å². The molecule has 1 aliphatic heterocycles. The third-order valence-corrected chi connectivity index (χ3v) is 4.97. The lowest BCUT2D eigenvalue weighted by atomic mass is 9.93. The van der Waals surface area contributed by atoms with E-state index in [1.165, 1.54) is 44.3 Å². The second kappa shape index (κ2) is 10.2. The maximum atomic E-state index is 11.6. The topological polar surface area (TPSA) is 66.5 Å². The van der Waals surface area contributed by atoms with E-state index in [4.69, 9.17) is 4.74 Å². The van der Waals surface area contributed by atoms with E-state index in [9.17, 15) is 4.79 Å². The Morgan fingerprint density at radius 2 is 2.08 bits per heavy atom. The lowest BCUT2D eigenvalue weighted by Crippen LogP contribution is -2.45. The molecule has 0 bridgehead atoms. The van der Waals surface area contributed by atoms with Gasteiger partial charge in [-0.1, -0.05) is 12.5 Å². The molecule has 1 aromatic heterocycles. The molecule has 1 saturated carbocycles. The van der Waals surface area contributed by atoms with Crippen LogP contribution in [0.25, 0.3) is 0 Å². The van der Waals surface area contributed by atoms with Crippen molar-refractivity contribution in [1.82, 2.24) is 20.5 Å². The number of ether oxygens (including phenoxy) is 1. The molecule has 2 heterocycles. The van der Waals surface area contributed by atoms with E-state index in [1.807, 2.05) is 24.4 Å². The highest BCUT2D eigenvalue weighted by atomic mass is 16.5. The first-order valence-corrected chi connectivity index (χ1v) is 9.79. The van der Waals surface area contributed by atoms with Crippen LogP contribution in [-0.4, -0.2) is 48.2 Å². The third kappa shape index (κ3) is 6.33. The number of likely N-dealkylation sites (tertiary alicyclic amines) is 1. The third-order valence-electron chi connectivity index (χ3n) is 4.97. The molecule has 0 radical (unpaired) electrons. The van der Waals surface area contributed by atoms with Gasteiger partial charge in [0.1, 0.15) is 6.61 Å². The molecule has 1 aliphatic carbocycles. The Kier molecular flexibility index (Phi) is 7.31. The van der Waals surface area contributed by atoms with Gasteiger partial charge in [0, 0.05) is 31.4 Å². The monoisotopic (exact) mass is 358 g/mol. The van der Waals surface area contributed by atoms with E-state index in [-0.39, 0.29) is 6.03 Å². The molecule has 3 rings (SSSR count). The molecule has 142 valence electrons. The minimum Gasteiger partial charge on any atom is -0.473 e. The van der Waals surface area contributed by atoms with E-state index in [1.54, 1.807) is 0 Å². The zero-order valence-electron chi connectivity index (χ0n) is 15.5. The molecule has 1 saturated heterocycles. The van der Waals surface area contributed by atoms with Gasteiger partial charge in [-0.2, -0.15) is 0 Å². The second-order valence-corrected chi connectivity index (χ2v) is 7.10. The predicted octanol–water partition coefficient (Wildman–Crippen LogP) is 2.85. The summed E-state index contributed by atoms with van der Waals surface area (Å²) in [7, 11) is 0. The summed E-state index contributed by atoms with van der Waals surface area (Å²) in [5, 5.41) is 5.77. The van der Waals surface area contributed by atoms with Gasteiger partial charge in [-0.05, 0) is 62.9 Å². The Labute approximate surface area is 156 Å². The number of nitrogens with one attached hydrogen (secondary N) is 2. The maximum Gasteiger partial charge on any atom is 0.315 e. The predicted molar refractivity (Wildman–Crippen MR) is 102 cm³/mol. The molecule has 0 atom stereocenters. The standard InChI is InChI=1S/C20H30N4O2/c25-20(23-18-7-6-8-18)22-10-2-5-14-26-19-15-17(9-11-21-19)16-24-12-3-1-4-13-24/h2,5,9,11,15,18H,1,3-4,6-8,10,12-14,16H2,(H2,22,23,25)/b5-2-. The van der Waals surface area contributed by atoms with E-state index < -0.39 is 0 Å². The number of rotatable bonds is 8. The lowest BCUT2D eigenvalue weighted by molar-refractivity contribution is 0.220. The highest BCUT2D eigenvalue weighted by Crippen LogP contribution is 2.17. The summed E-state index contributed by atoms with van der Waals surface area (Å²) in [5.74, 6) is 0.653. The fourth-order valence-corrected chi connectivity index (χ4v) is 3.23. The molecule has 0 unspecified atom stereocenters. The molecule has 2 amide bonds. The van der Waals surface area contributed by atoms with Crippen molar-refractivity contribution in [2.24, 2.45) is 0 Å². The Hall–Kier alpha value is -2.08. The van der Waals surface area contributed by atoms with Crippen molar-refractivity contribution >= 4 is 6.03 Å². The van der Waals surface area contributed by atoms with Gasteiger partial charge in [0.25, 0.3) is 0 Å². The number of carbonyl (C=O) groups excluding carboxylic acids is 1. The van der Waals surface area contributed by atoms with Crippen LogP contribution >= 0.6 is 0 Å². The van der Waals surface area contributed by atoms with Crippen LogP contribution in [-0.2, 0) is 6.54 Å². The number of amides is 2. The van der Waals surface area contributed by atoms with Crippen LogP contribution < -0.4 is 15.4 Å². The number of nitrogens with zero attached hydrogens (tertiary/aromatic N) is 2. The van der Waals surface area contributed by atoms with Gasteiger partial charge in [0.15, 0.2) is 0 Å². The molecule has 2 fully saturated rings. The number of hydrogen-bond acceptors (Lipinski definition) is 4. The second-order valence-electron chi connectivity index (χ2n) is 7.10. The Morgan fingerprint density at radius 3 is 2.85 bits per heavy atom. The normalized spacial score (nSPS) is 18.5. The fourth-order valence-electron chi connectivity index (χ4n) is 3.23. The minimum atomic E-state index is -0.0904. The summed E-state index contributed by atoms with van der Waals surface area (Å²) >= 11 is 0. The van der Waals surface area contributed by atoms with Gasteiger partial charge in [-0.25, -0.2) is 9.78 Å². The summed E-state index contributed by atoms with van der Waals surface area (Å²) in [6.45, 7) is 4.29. The maximum absolute atomic E-state index is 11.6. The molecule has 26 heavy (non-hydrogen) atoms. The Balaban J connectivity index is 1.32. The average Bonchev–Trinajstić information content (AvgIpc) is 2.62. The Bertz CT molecular complexity index is 595. The van der Waals surface area contributed by atoms with Crippen molar-refractivity contribution in [3.05, 3.63) is 36.0 Å². The Morgan fingerprint density at radius 1 is 1.23 bits per heavy atom. The summed E-state index contributed by atoms with van der Waals surface area (Å²) in [5.41, 5.74) is 1.25. The van der Waals surface area contributed by atoms with Crippen LogP contribution in [0.15, 0.2) is 30.5 Å². The van der Waals surface area contributed by atoms with E-state index in [2.05, 4.69) is 26.6 Å². The van der Waals surface area contributed by atoms with Gasteiger partial charge in [0.2, 0.25) is 5.88 Å². The highest BCUT2D eigenvalue weighted by molar-refractivity contribution is 5.74. The van der Waals surface area contributed by atoms with Crippen LogP contribution in [0.1, 0.15) is 44.1 Å². The molecule has 6 nitrogen and oxygen atoms in total. The van der Waals surface area contributed by atoms with Crippen LogP contribution in [0, 0.1) is 0 Å². The first kappa shape index (κ1) is 18.7. The number of aromatic nitrogens is 1. The number of pyridine rings is 1. The average molecular weight is 358 g/mol. The number of hydrogen-bond donors (Lipinski definition) is 2. The molecular formula is C20H30N4O2. The summed E-state index contributed by atoms with van der Waals surface area (Å²) in [6, 6.07) is 4.35. The molecule has 1 aromatic rings. The molecule has 0 spiro atoms. The quantitative estimate of drug-likeness (QED) is 0.701. The number of urea groups is 1. The fraction of sp³-hybridized carbons (Fsp3) is 0.600. The lowest BCUT2D eigenvalue weighted by Gasteiger charge is -2.26. The molecule has 2 N–H and O–H groups in total. The van der Waals surface area contributed by atoms with Gasteiger partial charge in [-0.15, -0.1) is 0 Å². The first-order valence-electron chi connectivity index (χ1n) is 9.79. The van der Waals surface area contributed by atoms with Crippen LogP contribution in [0.2, 0.25) is 0 Å². The molecule has 2 aliphatic rings. The van der Waals surface area contributed by atoms with Crippen LogP contribution in [0.4, 0.5) is 4.79 Å². The van der Waals surface area contributed by atoms with Crippen molar-refractivity contribution in [3.63, 3.8) is 0 Å². The van der Waals surface area contributed by atoms with Crippen molar-refractivity contribution < 1.29 is 9.53 Å². The van der Waals surface area contributed by atoms with Crippen molar-refractivity contribution in [3.8, 4) is 5.88 Å². The van der Waals surface area contributed by atoms with Crippen LogP contribution in [0.5, 0.6) is 5.88 Å². The van der Waals surface area contributed by atoms with Crippen molar-refractivity contribution in [1.29, 1.82) is 0 Å². The van der Waals surface area contributed by atoms with Gasteiger partial charge in [-0.3, -0.25) is 4.90 Å². The summed E-state index contributed by atoms with van der Waals surface area (Å²) in [6.07, 6.45) is 13.0. The zero-order chi connectivity index (χ0) is 18.0. The summed E-state index contributed by atoms with van der Waals surface area (Å²) < 4.78 is 5.69. The highest BCUT2D eigenvalue weighted by Gasteiger charge is 2.18. The van der Waals surface area contributed by atoms with Gasteiger partial charge >= 0.3 is 6.03 Å². The molecule has 6 heteroatoms. The van der Waals surface area contributed by atoms with Crippen molar-refractivity contribution in [2.45, 2.75) is 51.1 Å². The molecular weight excluding hydrogens is 328 g/mol. The summed E-state index contributed by atoms with van der Waals surface area (Å²) in [4.78, 5) is 18.4. The van der Waals surface area contributed by atoms with Crippen molar-refractivity contribution in [2.75, 3.05) is 26.2 Å². The van der Waals surface area contributed by atoms with Gasteiger partial charge < -0.3 is 15.4 Å². The minimum absolute atomic E-state index is 0.0904. The molecule has 0 aromatic carbocycles.